The van der Waals surface area contributed by atoms with E-state index in [0.717, 1.165) is 32.9 Å². The summed E-state index contributed by atoms with van der Waals surface area (Å²) < 4.78 is 5.82. The van der Waals surface area contributed by atoms with Crippen molar-refractivity contribution in [2.45, 2.75) is 33.7 Å². The molecule has 0 amide bonds. The van der Waals surface area contributed by atoms with Crippen LogP contribution in [0.25, 0.3) is 11.0 Å². The first kappa shape index (κ1) is 12.5. The molecule has 1 aromatic heterocycles. The molecule has 0 saturated heterocycles. The molecule has 0 radical (unpaired) electrons. The molecule has 92 valence electrons. The number of furan rings is 1. The number of aryl methyl sites for hydroxylation is 2. The summed E-state index contributed by atoms with van der Waals surface area (Å²) in [6.45, 7) is 8.17. The van der Waals surface area contributed by atoms with Gasteiger partial charge >= 0.3 is 0 Å². The summed E-state index contributed by atoms with van der Waals surface area (Å²) in [6, 6.07) is 3.92. The highest BCUT2D eigenvalue weighted by atomic mass is 35.5. The fraction of sp³-hybridized carbons (Fsp3) is 0.429. The lowest BCUT2D eigenvalue weighted by Crippen LogP contribution is -2.15. The largest absolute Gasteiger partial charge is 0.459 e. The predicted octanol–water partition coefficient (Wildman–Crippen LogP) is 4.36. The lowest BCUT2D eigenvalue weighted by molar-refractivity contribution is 0.418. The molecular formula is C14H18ClNO. The minimum atomic E-state index is -0.0686. The first-order valence-electron chi connectivity index (χ1n) is 5.86. The van der Waals surface area contributed by atoms with E-state index in [-0.39, 0.29) is 6.04 Å². The summed E-state index contributed by atoms with van der Waals surface area (Å²) in [5.41, 5.74) is 9.07. The lowest BCUT2D eigenvalue weighted by atomic mass is 10.0. The molecule has 0 aliphatic carbocycles. The van der Waals surface area contributed by atoms with Crippen molar-refractivity contribution in [1.82, 2.24) is 0 Å². The van der Waals surface area contributed by atoms with Crippen molar-refractivity contribution in [2.75, 3.05) is 0 Å². The summed E-state index contributed by atoms with van der Waals surface area (Å²) in [5.74, 6) is 1.19. The van der Waals surface area contributed by atoms with Gasteiger partial charge in [-0.15, -0.1) is 0 Å². The van der Waals surface area contributed by atoms with E-state index < -0.39 is 0 Å². The Bertz CT molecular complexity index is 557. The Kier molecular flexibility index (Phi) is 3.19. The summed E-state index contributed by atoms with van der Waals surface area (Å²) >= 11 is 6.24. The zero-order valence-electron chi connectivity index (χ0n) is 10.7. The number of benzene rings is 1. The summed E-state index contributed by atoms with van der Waals surface area (Å²) in [5, 5.41) is 1.87. The third-order valence-electron chi connectivity index (χ3n) is 3.25. The van der Waals surface area contributed by atoms with Gasteiger partial charge in [0, 0.05) is 10.4 Å². The van der Waals surface area contributed by atoms with Crippen LogP contribution in [0.1, 0.15) is 36.8 Å². The van der Waals surface area contributed by atoms with Crippen LogP contribution < -0.4 is 5.73 Å². The first-order chi connectivity index (χ1) is 7.91. The molecule has 0 bridgehead atoms. The molecule has 0 aliphatic rings. The maximum atomic E-state index is 6.24. The predicted molar refractivity (Wildman–Crippen MR) is 72.5 cm³/mol. The van der Waals surface area contributed by atoms with Gasteiger partial charge in [0.15, 0.2) is 0 Å². The van der Waals surface area contributed by atoms with E-state index >= 15 is 0 Å². The summed E-state index contributed by atoms with van der Waals surface area (Å²) in [6.07, 6.45) is 0. The van der Waals surface area contributed by atoms with Gasteiger partial charge in [-0.05, 0) is 43.0 Å². The van der Waals surface area contributed by atoms with Crippen molar-refractivity contribution in [2.24, 2.45) is 11.7 Å². The van der Waals surface area contributed by atoms with Gasteiger partial charge in [-0.2, -0.15) is 0 Å². The molecule has 1 unspecified atom stereocenters. The SMILES string of the molecule is Cc1cc2oc(C(N)C(C)C)cc2c(C)c1Cl. The van der Waals surface area contributed by atoms with Gasteiger partial charge in [-0.3, -0.25) is 0 Å². The topological polar surface area (TPSA) is 39.2 Å². The molecule has 1 aromatic carbocycles. The van der Waals surface area contributed by atoms with E-state index in [0.29, 0.717) is 5.92 Å². The van der Waals surface area contributed by atoms with Gasteiger partial charge in [0.2, 0.25) is 0 Å². The van der Waals surface area contributed by atoms with Gasteiger partial charge in [0.05, 0.1) is 6.04 Å². The quantitative estimate of drug-likeness (QED) is 0.861. The molecule has 0 saturated carbocycles. The monoisotopic (exact) mass is 251 g/mol. The van der Waals surface area contributed by atoms with Gasteiger partial charge < -0.3 is 10.2 Å². The Hall–Kier alpha value is -0.990. The smallest absolute Gasteiger partial charge is 0.135 e. The second-order valence-corrected chi connectivity index (χ2v) is 5.34. The van der Waals surface area contributed by atoms with Crippen molar-refractivity contribution >= 4 is 22.6 Å². The Balaban J connectivity index is 2.62. The normalized spacial score (nSPS) is 13.6. The van der Waals surface area contributed by atoms with Crippen LogP contribution in [0, 0.1) is 19.8 Å². The van der Waals surface area contributed by atoms with Crippen LogP contribution in [0.15, 0.2) is 16.5 Å². The molecule has 1 atom stereocenters. The minimum Gasteiger partial charge on any atom is -0.459 e. The second kappa shape index (κ2) is 4.35. The van der Waals surface area contributed by atoms with Crippen molar-refractivity contribution in [3.8, 4) is 0 Å². The fourth-order valence-electron chi connectivity index (χ4n) is 1.99. The number of hydrogen-bond donors (Lipinski definition) is 1. The number of halogens is 1. The van der Waals surface area contributed by atoms with Crippen LogP contribution in [0.4, 0.5) is 0 Å². The van der Waals surface area contributed by atoms with Gasteiger partial charge in [-0.25, -0.2) is 0 Å². The molecule has 2 N–H and O–H groups in total. The first-order valence-corrected chi connectivity index (χ1v) is 6.24. The molecule has 0 aliphatic heterocycles. The van der Waals surface area contributed by atoms with Gasteiger partial charge in [0.1, 0.15) is 11.3 Å². The van der Waals surface area contributed by atoms with E-state index in [1.807, 2.05) is 26.0 Å². The zero-order valence-corrected chi connectivity index (χ0v) is 11.4. The third-order valence-corrected chi connectivity index (χ3v) is 3.84. The second-order valence-electron chi connectivity index (χ2n) is 4.96. The van der Waals surface area contributed by atoms with Crippen molar-refractivity contribution in [3.05, 3.63) is 34.0 Å². The van der Waals surface area contributed by atoms with Crippen LogP contribution in [0.3, 0.4) is 0 Å². The van der Waals surface area contributed by atoms with E-state index in [2.05, 4.69) is 13.8 Å². The van der Waals surface area contributed by atoms with Crippen LogP contribution in [0.2, 0.25) is 5.02 Å². The molecule has 2 nitrogen and oxygen atoms in total. The van der Waals surface area contributed by atoms with Crippen molar-refractivity contribution < 1.29 is 4.42 Å². The van der Waals surface area contributed by atoms with Crippen LogP contribution in [-0.2, 0) is 0 Å². The number of fused-ring (bicyclic) bond motifs is 1. The fourth-order valence-corrected chi connectivity index (χ4v) is 2.15. The number of hydrogen-bond acceptors (Lipinski definition) is 2. The van der Waals surface area contributed by atoms with Crippen LogP contribution >= 0.6 is 11.6 Å². The van der Waals surface area contributed by atoms with Gasteiger partial charge in [0.25, 0.3) is 0 Å². The molecule has 17 heavy (non-hydrogen) atoms. The standard InChI is InChI=1S/C14H18ClNO/c1-7(2)14(16)12-6-10-9(4)13(15)8(3)5-11(10)17-12/h5-7,14H,16H2,1-4H3. The molecule has 0 fully saturated rings. The number of nitrogens with two attached hydrogens (primary N) is 1. The number of rotatable bonds is 2. The zero-order chi connectivity index (χ0) is 12.7. The van der Waals surface area contributed by atoms with Crippen LogP contribution in [0.5, 0.6) is 0 Å². The highest BCUT2D eigenvalue weighted by Crippen LogP contribution is 2.33. The lowest BCUT2D eigenvalue weighted by Gasteiger charge is -2.11. The highest BCUT2D eigenvalue weighted by molar-refractivity contribution is 6.33. The average Bonchev–Trinajstić information content (AvgIpc) is 2.68. The average molecular weight is 252 g/mol. The summed E-state index contributed by atoms with van der Waals surface area (Å²) in [7, 11) is 0. The van der Waals surface area contributed by atoms with E-state index in [1.165, 1.54) is 0 Å². The maximum Gasteiger partial charge on any atom is 0.135 e. The molecule has 2 rings (SSSR count). The Labute approximate surface area is 107 Å². The van der Waals surface area contributed by atoms with E-state index in [1.54, 1.807) is 0 Å². The third kappa shape index (κ3) is 2.07. The van der Waals surface area contributed by atoms with E-state index in [9.17, 15) is 0 Å². The maximum absolute atomic E-state index is 6.24. The highest BCUT2D eigenvalue weighted by Gasteiger charge is 2.17. The minimum absolute atomic E-state index is 0.0686. The summed E-state index contributed by atoms with van der Waals surface area (Å²) in [4.78, 5) is 0. The Morgan fingerprint density at radius 2 is 1.88 bits per heavy atom. The van der Waals surface area contributed by atoms with Crippen molar-refractivity contribution in [3.63, 3.8) is 0 Å². The molecule has 1 heterocycles. The Morgan fingerprint density at radius 1 is 1.24 bits per heavy atom. The van der Waals surface area contributed by atoms with Gasteiger partial charge in [-0.1, -0.05) is 25.4 Å². The molecule has 2 aromatic rings. The van der Waals surface area contributed by atoms with Crippen LogP contribution in [-0.4, -0.2) is 0 Å². The van der Waals surface area contributed by atoms with Crippen molar-refractivity contribution in [1.29, 1.82) is 0 Å². The molecular weight excluding hydrogens is 234 g/mol. The van der Waals surface area contributed by atoms with E-state index in [4.69, 9.17) is 21.8 Å². The molecule has 0 spiro atoms. The Morgan fingerprint density at radius 3 is 2.47 bits per heavy atom. The molecule has 3 heteroatoms.